The van der Waals surface area contributed by atoms with Crippen molar-refractivity contribution in [3.8, 4) is 11.1 Å². The third-order valence-corrected chi connectivity index (χ3v) is 6.37. The van der Waals surface area contributed by atoms with Gasteiger partial charge in [-0.2, -0.15) is 0 Å². The minimum absolute atomic E-state index is 0.0210. The third kappa shape index (κ3) is 3.84. The van der Waals surface area contributed by atoms with E-state index in [1.54, 1.807) is 11.0 Å². The zero-order valence-electron chi connectivity index (χ0n) is 17.3. The van der Waals surface area contributed by atoms with E-state index in [-0.39, 0.29) is 11.8 Å². The van der Waals surface area contributed by atoms with Crippen LogP contribution in [0.15, 0.2) is 60.7 Å². The molecule has 1 aliphatic heterocycles. The molecule has 1 heterocycles. The van der Waals surface area contributed by atoms with Crippen molar-refractivity contribution >= 4 is 29.1 Å². The summed E-state index contributed by atoms with van der Waals surface area (Å²) in [5.41, 5.74) is 6.29. The molecule has 1 N–H and O–H groups in total. The first-order valence-corrected chi connectivity index (χ1v) is 11.0. The van der Waals surface area contributed by atoms with Gasteiger partial charge in [-0.1, -0.05) is 41.9 Å². The molecule has 5 rings (SSSR count). The second-order valence-corrected chi connectivity index (χ2v) is 8.71. The zero-order valence-corrected chi connectivity index (χ0v) is 18.1. The number of benzene rings is 3. The molecule has 156 valence electrons. The first-order valence-electron chi connectivity index (χ1n) is 10.6. The number of nitrogens with one attached hydrogen (secondary N) is 1. The maximum atomic E-state index is 13.2. The van der Waals surface area contributed by atoms with Crippen LogP contribution in [-0.2, 0) is 6.42 Å². The fraction of sp³-hybridized carbons (Fsp3) is 0.231. The van der Waals surface area contributed by atoms with E-state index in [4.69, 9.17) is 11.6 Å². The second-order valence-electron chi connectivity index (χ2n) is 8.31. The van der Waals surface area contributed by atoms with Crippen LogP contribution < -0.4 is 10.2 Å². The number of aryl methyl sites for hydroxylation is 1. The van der Waals surface area contributed by atoms with Crippen molar-refractivity contribution in [2.75, 3.05) is 11.4 Å². The van der Waals surface area contributed by atoms with Gasteiger partial charge in [0.1, 0.15) is 0 Å². The summed E-state index contributed by atoms with van der Waals surface area (Å²) in [6, 6.07) is 19.5. The fourth-order valence-electron chi connectivity index (χ4n) is 4.13. The predicted octanol–water partition coefficient (Wildman–Crippen LogP) is 5.41. The number of rotatable bonds is 4. The summed E-state index contributed by atoms with van der Waals surface area (Å²) in [4.78, 5) is 27.4. The van der Waals surface area contributed by atoms with E-state index in [1.165, 1.54) is 0 Å². The second kappa shape index (κ2) is 7.86. The lowest BCUT2D eigenvalue weighted by molar-refractivity contribution is 0.0949. The molecule has 3 aromatic rings. The lowest BCUT2D eigenvalue weighted by Crippen LogP contribution is -2.37. The molecule has 1 fully saturated rings. The minimum atomic E-state index is -0.0322. The number of nitrogens with zero attached hydrogens (tertiary/aromatic N) is 1. The number of anilines is 1. The number of carbonyl (C=O) groups is 2. The van der Waals surface area contributed by atoms with Gasteiger partial charge in [-0.15, -0.1) is 0 Å². The third-order valence-electron chi connectivity index (χ3n) is 6.05. The summed E-state index contributed by atoms with van der Waals surface area (Å²) in [6.45, 7) is 2.63. The normalized spacial score (nSPS) is 15.5. The van der Waals surface area contributed by atoms with E-state index in [2.05, 4.69) is 11.4 Å². The van der Waals surface area contributed by atoms with Crippen LogP contribution in [0.3, 0.4) is 0 Å². The van der Waals surface area contributed by atoms with Crippen LogP contribution in [0.5, 0.6) is 0 Å². The fourth-order valence-corrected chi connectivity index (χ4v) is 4.36. The Morgan fingerprint density at radius 1 is 1.03 bits per heavy atom. The number of halogens is 1. The highest BCUT2D eigenvalue weighted by molar-refractivity contribution is 6.34. The molecular weight excluding hydrogens is 408 g/mol. The smallest absolute Gasteiger partial charge is 0.258 e. The molecule has 3 aromatic carbocycles. The van der Waals surface area contributed by atoms with Crippen molar-refractivity contribution in [3.63, 3.8) is 0 Å². The minimum Gasteiger partial charge on any atom is -0.349 e. The zero-order chi connectivity index (χ0) is 21.5. The molecule has 1 aliphatic carbocycles. The summed E-state index contributed by atoms with van der Waals surface area (Å²) in [5, 5.41) is 3.63. The summed E-state index contributed by atoms with van der Waals surface area (Å²) in [6.07, 6.45) is 2.88. The maximum absolute atomic E-state index is 13.2. The van der Waals surface area contributed by atoms with Crippen LogP contribution >= 0.6 is 11.6 Å². The van der Waals surface area contributed by atoms with Gasteiger partial charge in [0.15, 0.2) is 0 Å². The van der Waals surface area contributed by atoms with E-state index in [9.17, 15) is 9.59 Å². The van der Waals surface area contributed by atoms with Crippen LogP contribution in [-0.4, -0.2) is 24.4 Å². The molecule has 2 amide bonds. The van der Waals surface area contributed by atoms with E-state index >= 15 is 0 Å². The molecule has 1 saturated carbocycles. The molecule has 0 saturated heterocycles. The number of amides is 2. The molecule has 0 radical (unpaired) electrons. The van der Waals surface area contributed by atoms with Gasteiger partial charge in [0.2, 0.25) is 0 Å². The molecule has 0 aromatic heterocycles. The molecule has 5 heteroatoms. The first kappa shape index (κ1) is 19.8. The highest BCUT2D eigenvalue weighted by atomic mass is 35.5. The summed E-state index contributed by atoms with van der Waals surface area (Å²) in [5.74, 6) is -0.0533. The molecule has 0 unspecified atom stereocenters. The molecule has 0 bridgehead atoms. The molecule has 2 aliphatic rings. The largest absolute Gasteiger partial charge is 0.349 e. The van der Waals surface area contributed by atoms with Crippen LogP contribution in [0.4, 0.5) is 5.69 Å². The Balaban J connectivity index is 1.46. The van der Waals surface area contributed by atoms with Crippen LogP contribution in [0.2, 0.25) is 5.02 Å². The number of para-hydroxylation sites is 1. The first-order chi connectivity index (χ1) is 15.0. The quantitative estimate of drug-likeness (QED) is 0.601. The molecule has 31 heavy (non-hydrogen) atoms. The summed E-state index contributed by atoms with van der Waals surface area (Å²) >= 11 is 6.32. The van der Waals surface area contributed by atoms with Crippen molar-refractivity contribution in [1.29, 1.82) is 0 Å². The molecule has 0 atom stereocenters. The Bertz CT molecular complexity index is 1200. The van der Waals surface area contributed by atoms with E-state index in [0.717, 1.165) is 47.2 Å². The molecular formula is C26H23ClN2O2. The van der Waals surface area contributed by atoms with Crippen LogP contribution in [0.1, 0.15) is 44.7 Å². The lowest BCUT2D eigenvalue weighted by Gasteiger charge is -2.29. The van der Waals surface area contributed by atoms with Gasteiger partial charge >= 0.3 is 0 Å². The molecule has 0 spiro atoms. The van der Waals surface area contributed by atoms with Gasteiger partial charge in [0.25, 0.3) is 11.8 Å². The van der Waals surface area contributed by atoms with Crippen LogP contribution in [0.25, 0.3) is 11.1 Å². The number of hydrogen-bond acceptors (Lipinski definition) is 2. The Labute approximate surface area is 186 Å². The topological polar surface area (TPSA) is 49.4 Å². The van der Waals surface area contributed by atoms with Gasteiger partial charge in [-0.05, 0) is 78.8 Å². The summed E-state index contributed by atoms with van der Waals surface area (Å²) in [7, 11) is 0. The lowest BCUT2D eigenvalue weighted by atomic mass is 9.91. The highest BCUT2D eigenvalue weighted by Gasteiger charge is 2.27. The Kier molecular flexibility index (Phi) is 5.03. The van der Waals surface area contributed by atoms with Gasteiger partial charge in [0.05, 0.1) is 10.7 Å². The van der Waals surface area contributed by atoms with Crippen molar-refractivity contribution < 1.29 is 9.59 Å². The Morgan fingerprint density at radius 2 is 1.84 bits per heavy atom. The standard InChI is InChI=1S/C26H23ClN2O2/c1-16-6-7-19(25(30)28-20-9-10-20)15-22(16)17-8-11-21-18(14-17)12-13-29(26(21)31)24-5-3-2-4-23(24)27/h2-8,11,14-15,20H,9-10,12-13H2,1H3,(H,28,30). The Hall–Kier alpha value is -3.11. The van der Waals surface area contributed by atoms with Crippen LogP contribution in [0, 0.1) is 6.92 Å². The SMILES string of the molecule is Cc1ccc(C(=O)NC2CC2)cc1-c1ccc2c(c1)CCN(c1ccccc1Cl)C2=O. The summed E-state index contributed by atoms with van der Waals surface area (Å²) < 4.78 is 0. The average Bonchev–Trinajstić information content (AvgIpc) is 3.59. The van der Waals surface area contributed by atoms with E-state index in [0.29, 0.717) is 28.7 Å². The van der Waals surface area contributed by atoms with Gasteiger partial charge in [-0.25, -0.2) is 0 Å². The number of carbonyl (C=O) groups excluding carboxylic acids is 2. The van der Waals surface area contributed by atoms with Crippen molar-refractivity contribution in [1.82, 2.24) is 5.32 Å². The number of hydrogen-bond donors (Lipinski definition) is 1. The predicted molar refractivity (Wildman–Crippen MR) is 124 cm³/mol. The van der Waals surface area contributed by atoms with E-state index in [1.807, 2.05) is 55.5 Å². The Morgan fingerprint density at radius 3 is 2.61 bits per heavy atom. The van der Waals surface area contributed by atoms with Crippen molar-refractivity contribution in [2.24, 2.45) is 0 Å². The maximum Gasteiger partial charge on any atom is 0.258 e. The van der Waals surface area contributed by atoms with Crippen molar-refractivity contribution in [2.45, 2.75) is 32.2 Å². The number of fused-ring (bicyclic) bond motifs is 1. The van der Waals surface area contributed by atoms with Gasteiger partial charge in [-0.3, -0.25) is 9.59 Å². The highest BCUT2D eigenvalue weighted by Crippen LogP contribution is 2.33. The molecule has 4 nitrogen and oxygen atoms in total. The average molecular weight is 431 g/mol. The van der Waals surface area contributed by atoms with Gasteiger partial charge < -0.3 is 10.2 Å². The van der Waals surface area contributed by atoms with E-state index < -0.39 is 0 Å². The van der Waals surface area contributed by atoms with Gasteiger partial charge in [0, 0.05) is 23.7 Å². The van der Waals surface area contributed by atoms with Crippen molar-refractivity contribution in [3.05, 3.63) is 87.9 Å². The monoisotopic (exact) mass is 430 g/mol.